The number of nitrogens with zero attached hydrogens (tertiary/aromatic N) is 5. The lowest BCUT2D eigenvalue weighted by atomic mass is 9.93. The van der Waals surface area contributed by atoms with Gasteiger partial charge < -0.3 is 25.6 Å². The Kier molecular flexibility index (Phi) is 7.10. The number of aromatic nitrogens is 1. The highest BCUT2D eigenvalue weighted by Gasteiger charge is 2.43. The van der Waals surface area contributed by atoms with Crippen LogP contribution in [-0.4, -0.2) is 64.3 Å². The molecule has 1 unspecified atom stereocenters. The van der Waals surface area contributed by atoms with E-state index in [0.29, 0.717) is 30.0 Å². The number of primary amides is 1. The molecule has 1 amide bonds. The first-order chi connectivity index (χ1) is 17.8. The molecule has 10 nitrogen and oxygen atoms in total. The molecular formula is C27H36N6O4. The third-order valence-corrected chi connectivity index (χ3v) is 7.52. The lowest BCUT2D eigenvalue weighted by Gasteiger charge is -2.38. The van der Waals surface area contributed by atoms with Crippen LogP contribution in [-0.2, 0) is 9.53 Å². The SMILES string of the molecule is CC(C)c1cc(C2N(c3ccc(N4CCOCC4)nc3)C(C(N)=O)=NN2C2CCCCC2)c(O)cc1O. The maximum atomic E-state index is 12.7. The minimum Gasteiger partial charge on any atom is -0.508 e. The first-order valence-electron chi connectivity index (χ1n) is 13.2. The van der Waals surface area contributed by atoms with E-state index in [-0.39, 0.29) is 29.3 Å². The molecule has 1 atom stereocenters. The summed E-state index contributed by atoms with van der Waals surface area (Å²) < 4.78 is 5.45. The predicted molar refractivity (Wildman–Crippen MR) is 142 cm³/mol. The molecule has 10 heteroatoms. The average Bonchev–Trinajstić information content (AvgIpc) is 3.30. The van der Waals surface area contributed by atoms with E-state index in [4.69, 9.17) is 15.6 Å². The van der Waals surface area contributed by atoms with Crippen molar-refractivity contribution < 1.29 is 19.7 Å². The standard InChI is InChI=1S/C27H36N6O4/c1-17(2)20-14-21(23(35)15-22(20)34)27-32(19-8-9-24(29-16-19)31-10-12-37-13-11-31)26(25(28)36)30-33(27)18-6-4-3-5-7-18/h8-9,14-18,27,34-35H,3-7,10-13H2,1-2H3,(H2,28,36). The Bertz CT molecular complexity index is 1160. The van der Waals surface area contributed by atoms with E-state index in [0.717, 1.165) is 44.6 Å². The second kappa shape index (κ2) is 10.5. The Balaban J connectivity index is 1.60. The number of morpholine rings is 1. The normalized spacial score (nSPS) is 21.0. The fourth-order valence-corrected chi connectivity index (χ4v) is 5.57. The van der Waals surface area contributed by atoms with Crippen molar-refractivity contribution in [2.24, 2.45) is 10.8 Å². The Labute approximate surface area is 217 Å². The van der Waals surface area contributed by atoms with Gasteiger partial charge in [-0.1, -0.05) is 33.1 Å². The second-order valence-corrected chi connectivity index (χ2v) is 10.3. The van der Waals surface area contributed by atoms with Crippen LogP contribution < -0.4 is 15.5 Å². The lowest BCUT2D eigenvalue weighted by molar-refractivity contribution is -0.112. The third kappa shape index (κ3) is 4.90. The molecule has 2 aromatic rings. The highest BCUT2D eigenvalue weighted by atomic mass is 16.5. The first-order valence-corrected chi connectivity index (χ1v) is 13.2. The summed E-state index contributed by atoms with van der Waals surface area (Å²) in [6, 6.07) is 7.13. The minimum absolute atomic E-state index is 0.0309. The zero-order chi connectivity index (χ0) is 26.1. The highest BCUT2D eigenvalue weighted by molar-refractivity contribution is 6.43. The van der Waals surface area contributed by atoms with Crippen molar-refractivity contribution in [1.82, 2.24) is 9.99 Å². The lowest BCUT2D eigenvalue weighted by Crippen LogP contribution is -2.43. The summed E-state index contributed by atoms with van der Waals surface area (Å²) >= 11 is 0. The van der Waals surface area contributed by atoms with Crippen LogP contribution in [0.2, 0.25) is 0 Å². The molecule has 2 aliphatic heterocycles. The van der Waals surface area contributed by atoms with Crippen molar-refractivity contribution >= 4 is 23.2 Å². The number of rotatable bonds is 6. The number of carbonyl (C=O) groups excluding carboxylic acids is 1. The largest absolute Gasteiger partial charge is 0.508 e. The van der Waals surface area contributed by atoms with Gasteiger partial charge in [0.05, 0.1) is 25.1 Å². The van der Waals surface area contributed by atoms with Gasteiger partial charge in [-0.15, -0.1) is 0 Å². The molecule has 4 N–H and O–H groups in total. The molecule has 198 valence electrons. The molecule has 3 aliphatic rings. The summed E-state index contributed by atoms with van der Waals surface area (Å²) in [5.41, 5.74) is 7.78. The molecule has 1 saturated carbocycles. The third-order valence-electron chi connectivity index (χ3n) is 7.52. The maximum Gasteiger partial charge on any atom is 0.286 e. The molecule has 1 aliphatic carbocycles. The number of carbonyl (C=O) groups is 1. The van der Waals surface area contributed by atoms with Crippen LogP contribution in [0.3, 0.4) is 0 Å². The number of phenols is 2. The van der Waals surface area contributed by atoms with E-state index in [1.807, 2.05) is 37.1 Å². The molecule has 0 bridgehead atoms. The topological polar surface area (TPSA) is 128 Å². The summed E-state index contributed by atoms with van der Waals surface area (Å²) in [5, 5.41) is 28.2. The second-order valence-electron chi connectivity index (χ2n) is 10.3. The van der Waals surface area contributed by atoms with Crippen LogP contribution in [0.15, 0.2) is 35.6 Å². The molecule has 1 saturated heterocycles. The number of pyridine rings is 1. The average molecular weight is 509 g/mol. The number of hydrogen-bond donors (Lipinski definition) is 3. The number of nitrogens with two attached hydrogens (primary N) is 1. The van der Waals surface area contributed by atoms with Crippen LogP contribution in [0, 0.1) is 0 Å². The summed E-state index contributed by atoms with van der Waals surface area (Å²) in [4.78, 5) is 21.3. The van der Waals surface area contributed by atoms with Crippen molar-refractivity contribution in [2.75, 3.05) is 36.1 Å². The Hall–Kier alpha value is -3.53. The van der Waals surface area contributed by atoms with Crippen molar-refractivity contribution in [3.8, 4) is 11.5 Å². The number of ether oxygens (including phenoxy) is 1. The molecule has 5 rings (SSSR count). The highest BCUT2D eigenvalue weighted by Crippen LogP contribution is 2.45. The Morgan fingerprint density at radius 1 is 1.08 bits per heavy atom. The number of benzene rings is 1. The number of amides is 1. The fraction of sp³-hybridized carbons (Fsp3) is 0.519. The fourth-order valence-electron chi connectivity index (χ4n) is 5.57. The molecule has 1 aromatic carbocycles. The van der Waals surface area contributed by atoms with Gasteiger partial charge in [0.25, 0.3) is 5.91 Å². The number of hydrogen-bond acceptors (Lipinski definition) is 9. The van der Waals surface area contributed by atoms with E-state index in [9.17, 15) is 15.0 Å². The maximum absolute atomic E-state index is 12.7. The smallest absolute Gasteiger partial charge is 0.286 e. The van der Waals surface area contributed by atoms with Gasteiger partial charge in [0.1, 0.15) is 17.3 Å². The van der Waals surface area contributed by atoms with E-state index >= 15 is 0 Å². The van der Waals surface area contributed by atoms with Crippen molar-refractivity contribution in [3.63, 3.8) is 0 Å². The summed E-state index contributed by atoms with van der Waals surface area (Å²) in [5.74, 6) is 0.300. The van der Waals surface area contributed by atoms with Gasteiger partial charge in [0.2, 0.25) is 5.84 Å². The summed E-state index contributed by atoms with van der Waals surface area (Å²) in [6.07, 6.45) is 6.29. The molecule has 37 heavy (non-hydrogen) atoms. The molecule has 2 fully saturated rings. The molecule has 1 aromatic heterocycles. The van der Waals surface area contributed by atoms with Crippen molar-refractivity contribution in [1.29, 1.82) is 0 Å². The van der Waals surface area contributed by atoms with Gasteiger partial charge in [-0.25, -0.2) is 4.98 Å². The number of aromatic hydroxyl groups is 2. The van der Waals surface area contributed by atoms with Crippen LogP contribution in [0.25, 0.3) is 0 Å². The monoisotopic (exact) mass is 508 g/mol. The number of phenolic OH excluding ortho intramolecular Hbond substituents is 2. The van der Waals surface area contributed by atoms with Gasteiger partial charge in [-0.2, -0.15) is 5.10 Å². The number of amidine groups is 1. The van der Waals surface area contributed by atoms with Gasteiger partial charge in [-0.3, -0.25) is 14.7 Å². The zero-order valence-corrected chi connectivity index (χ0v) is 21.5. The minimum atomic E-state index is -0.650. The van der Waals surface area contributed by atoms with E-state index in [1.165, 1.54) is 12.5 Å². The predicted octanol–water partition coefficient (Wildman–Crippen LogP) is 3.41. The van der Waals surface area contributed by atoms with Gasteiger partial charge >= 0.3 is 0 Å². The van der Waals surface area contributed by atoms with Crippen molar-refractivity contribution in [2.45, 2.75) is 64.1 Å². The van der Waals surface area contributed by atoms with Crippen molar-refractivity contribution in [3.05, 3.63) is 41.6 Å². The quantitative estimate of drug-likeness (QED) is 0.542. The van der Waals surface area contributed by atoms with E-state index in [1.54, 1.807) is 11.1 Å². The Morgan fingerprint density at radius 2 is 1.81 bits per heavy atom. The van der Waals surface area contributed by atoms with Crippen LogP contribution >= 0.6 is 0 Å². The molecule has 3 heterocycles. The van der Waals surface area contributed by atoms with Gasteiger partial charge in [0.15, 0.2) is 6.17 Å². The molecular weight excluding hydrogens is 472 g/mol. The van der Waals surface area contributed by atoms with Crippen LogP contribution in [0.4, 0.5) is 11.5 Å². The molecule has 0 radical (unpaired) electrons. The van der Waals surface area contributed by atoms with Gasteiger partial charge in [0, 0.05) is 30.8 Å². The summed E-state index contributed by atoms with van der Waals surface area (Å²) in [7, 11) is 0. The summed E-state index contributed by atoms with van der Waals surface area (Å²) in [6.45, 7) is 6.82. The van der Waals surface area contributed by atoms with E-state index in [2.05, 4.69) is 9.88 Å². The first kappa shape index (κ1) is 25.1. The zero-order valence-electron chi connectivity index (χ0n) is 21.5. The molecule has 0 spiro atoms. The van der Waals surface area contributed by atoms with Gasteiger partial charge in [-0.05, 0) is 42.5 Å². The van der Waals surface area contributed by atoms with Crippen LogP contribution in [0.1, 0.15) is 69.2 Å². The Morgan fingerprint density at radius 3 is 2.43 bits per heavy atom. The number of hydrazone groups is 1. The number of anilines is 2. The van der Waals surface area contributed by atoms with Crippen LogP contribution in [0.5, 0.6) is 11.5 Å². The van der Waals surface area contributed by atoms with E-state index < -0.39 is 12.1 Å².